The second-order valence-corrected chi connectivity index (χ2v) is 12.3. The van der Waals surface area contributed by atoms with Gasteiger partial charge in [-0.2, -0.15) is 5.26 Å². The van der Waals surface area contributed by atoms with Crippen LogP contribution in [-0.2, 0) is 49.8 Å². The molecule has 3 aromatic carbocycles. The number of esters is 1. The minimum atomic E-state index is -0.565. The highest BCUT2D eigenvalue weighted by Crippen LogP contribution is 2.36. The van der Waals surface area contributed by atoms with Crippen LogP contribution in [0.2, 0.25) is 0 Å². The van der Waals surface area contributed by atoms with E-state index in [1.165, 1.54) is 25.3 Å². The summed E-state index contributed by atoms with van der Waals surface area (Å²) in [7, 11) is 2.83. The first-order valence-corrected chi connectivity index (χ1v) is 16.9. The molecule has 0 spiro atoms. The second-order valence-electron chi connectivity index (χ2n) is 12.3. The number of ether oxygens (including phenoxy) is 6. The lowest BCUT2D eigenvalue weighted by molar-refractivity contribution is -0.115. The number of pyridine rings is 1. The zero-order valence-electron chi connectivity index (χ0n) is 29.0. The Kier molecular flexibility index (Phi) is 11.9. The van der Waals surface area contributed by atoms with E-state index in [9.17, 15) is 14.9 Å². The van der Waals surface area contributed by atoms with E-state index >= 15 is 4.39 Å². The SMILES string of the molecule is COCCOc1cc(C(=O)OC)cc(NC[C@@H]2CCO2)c1NC(=O)Cc1ccc2cc1COCCc1cc(C#N)ccc1COc1ccc(F)c-2n1. The summed E-state index contributed by atoms with van der Waals surface area (Å²) in [4.78, 5) is 30.9. The average molecular weight is 711 g/mol. The van der Waals surface area contributed by atoms with Crippen molar-refractivity contribution < 1.29 is 42.4 Å². The van der Waals surface area contributed by atoms with Gasteiger partial charge in [-0.1, -0.05) is 18.2 Å². The number of carbonyl (C=O) groups excluding carboxylic acids is 2. The van der Waals surface area contributed by atoms with Crippen LogP contribution in [0.1, 0.15) is 44.6 Å². The lowest BCUT2D eigenvalue weighted by Gasteiger charge is -2.28. The van der Waals surface area contributed by atoms with Crippen molar-refractivity contribution in [3.63, 3.8) is 0 Å². The van der Waals surface area contributed by atoms with Crippen LogP contribution < -0.4 is 20.1 Å². The van der Waals surface area contributed by atoms with Crippen molar-refractivity contribution in [1.82, 2.24) is 4.98 Å². The zero-order valence-corrected chi connectivity index (χ0v) is 29.0. The van der Waals surface area contributed by atoms with Gasteiger partial charge in [0.1, 0.15) is 36.2 Å². The van der Waals surface area contributed by atoms with Crippen LogP contribution in [0.5, 0.6) is 11.6 Å². The van der Waals surface area contributed by atoms with Crippen molar-refractivity contribution in [2.75, 3.05) is 57.8 Å². The summed E-state index contributed by atoms with van der Waals surface area (Å²) < 4.78 is 48.9. The highest BCUT2D eigenvalue weighted by Gasteiger charge is 2.23. The van der Waals surface area contributed by atoms with Gasteiger partial charge in [0, 0.05) is 31.9 Å². The number of benzene rings is 3. The van der Waals surface area contributed by atoms with Gasteiger partial charge >= 0.3 is 5.97 Å². The molecule has 0 radical (unpaired) electrons. The number of methoxy groups -OCH3 is 2. The summed E-state index contributed by atoms with van der Waals surface area (Å²) >= 11 is 0. The Balaban J connectivity index is 1.29. The molecule has 4 aromatic rings. The maximum atomic E-state index is 15.2. The number of aromatic nitrogens is 1. The number of amides is 1. The molecule has 270 valence electrons. The van der Waals surface area contributed by atoms with Crippen LogP contribution >= 0.6 is 0 Å². The lowest BCUT2D eigenvalue weighted by Crippen LogP contribution is -2.33. The fourth-order valence-electron chi connectivity index (χ4n) is 5.87. The quantitative estimate of drug-likeness (QED) is 0.148. The van der Waals surface area contributed by atoms with E-state index in [0.29, 0.717) is 59.8 Å². The maximum Gasteiger partial charge on any atom is 0.338 e. The Bertz CT molecular complexity index is 1980. The number of fused-ring (bicyclic) bond motifs is 6. The molecule has 13 heteroatoms. The van der Waals surface area contributed by atoms with E-state index in [-0.39, 0.29) is 67.7 Å². The Labute approximate surface area is 300 Å². The average Bonchev–Trinajstić information content (AvgIpc) is 3.13. The maximum absolute atomic E-state index is 15.2. The topological polar surface area (TPSA) is 150 Å². The number of nitrogens with one attached hydrogen (secondary N) is 2. The summed E-state index contributed by atoms with van der Waals surface area (Å²) in [6, 6.07) is 18.7. The minimum Gasteiger partial charge on any atom is -0.489 e. The minimum absolute atomic E-state index is 0.00765. The first-order valence-electron chi connectivity index (χ1n) is 16.9. The summed E-state index contributed by atoms with van der Waals surface area (Å²) in [6.45, 7) is 2.21. The summed E-state index contributed by atoms with van der Waals surface area (Å²) in [6.07, 6.45) is 1.33. The number of carbonyl (C=O) groups is 2. The van der Waals surface area contributed by atoms with Crippen LogP contribution in [0, 0.1) is 17.1 Å². The van der Waals surface area contributed by atoms with E-state index in [0.717, 1.165) is 17.5 Å². The zero-order chi connectivity index (χ0) is 36.5. The van der Waals surface area contributed by atoms with Crippen LogP contribution in [0.4, 0.5) is 15.8 Å². The molecule has 1 saturated heterocycles. The number of rotatable bonds is 11. The van der Waals surface area contributed by atoms with Crippen LogP contribution in [-0.4, -0.2) is 70.2 Å². The number of anilines is 2. The van der Waals surface area contributed by atoms with Crippen molar-refractivity contribution in [2.45, 2.75) is 38.6 Å². The fraction of sp³-hybridized carbons (Fsp3) is 0.333. The molecular formula is C39H39FN4O8. The first-order chi connectivity index (χ1) is 25.3. The van der Waals surface area contributed by atoms with E-state index < -0.39 is 11.8 Å². The van der Waals surface area contributed by atoms with Gasteiger partial charge < -0.3 is 39.1 Å². The molecule has 1 aromatic heterocycles. The first kappa shape index (κ1) is 36.2. The number of nitrogens with zero attached hydrogens (tertiary/aromatic N) is 2. The predicted octanol–water partition coefficient (Wildman–Crippen LogP) is 5.60. The van der Waals surface area contributed by atoms with Crippen molar-refractivity contribution in [1.29, 1.82) is 5.26 Å². The van der Waals surface area contributed by atoms with E-state index in [1.807, 2.05) is 6.07 Å². The largest absolute Gasteiger partial charge is 0.489 e. The van der Waals surface area contributed by atoms with Gasteiger partial charge in [0.05, 0.1) is 62.3 Å². The molecule has 2 N–H and O–H groups in total. The van der Waals surface area contributed by atoms with Gasteiger partial charge in [0.2, 0.25) is 11.8 Å². The molecule has 2 aliphatic heterocycles. The predicted molar refractivity (Wildman–Crippen MR) is 189 cm³/mol. The molecule has 0 saturated carbocycles. The monoisotopic (exact) mass is 710 g/mol. The summed E-state index contributed by atoms with van der Waals surface area (Å²) in [5.74, 6) is -0.953. The molecule has 0 unspecified atom stereocenters. The molecule has 12 nitrogen and oxygen atoms in total. The molecule has 1 fully saturated rings. The number of halogens is 1. The molecular weight excluding hydrogens is 671 g/mol. The van der Waals surface area contributed by atoms with Gasteiger partial charge in [-0.3, -0.25) is 4.79 Å². The second kappa shape index (κ2) is 17.1. The van der Waals surface area contributed by atoms with Crippen LogP contribution in [0.25, 0.3) is 11.3 Å². The Morgan fingerprint density at radius 3 is 2.63 bits per heavy atom. The highest BCUT2D eigenvalue weighted by molar-refractivity contribution is 6.00. The third kappa shape index (κ3) is 8.84. The Hall–Kier alpha value is -5.55. The van der Waals surface area contributed by atoms with E-state index in [2.05, 4.69) is 21.7 Å². The molecule has 2 aliphatic rings. The van der Waals surface area contributed by atoms with E-state index in [1.54, 1.807) is 43.5 Å². The molecule has 52 heavy (non-hydrogen) atoms. The number of nitriles is 1. The van der Waals surface area contributed by atoms with Crippen molar-refractivity contribution in [3.05, 3.63) is 99.9 Å². The van der Waals surface area contributed by atoms with Crippen molar-refractivity contribution >= 4 is 23.3 Å². The number of hydrogen-bond acceptors (Lipinski definition) is 11. The molecule has 0 aliphatic carbocycles. The van der Waals surface area contributed by atoms with Crippen molar-refractivity contribution in [2.24, 2.45) is 0 Å². The van der Waals surface area contributed by atoms with Crippen LogP contribution in [0.3, 0.4) is 0 Å². The summed E-state index contributed by atoms with van der Waals surface area (Å²) in [5.41, 5.74) is 5.23. The Morgan fingerprint density at radius 1 is 1.00 bits per heavy atom. The molecule has 3 heterocycles. The molecule has 1 atom stereocenters. The fourth-order valence-corrected chi connectivity index (χ4v) is 5.87. The van der Waals surface area contributed by atoms with E-state index in [4.69, 9.17) is 28.4 Å². The normalized spacial score (nSPS) is 15.1. The van der Waals surface area contributed by atoms with Gasteiger partial charge in [-0.05, 0) is 71.5 Å². The van der Waals surface area contributed by atoms with Crippen molar-refractivity contribution in [3.8, 4) is 29.0 Å². The third-order valence-corrected chi connectivity index (χ3v) is 8.78. The van der Waals surface area contributed by atoms with Gasteiger partial charge in [-0.15, -0.1) is 0 Å². The van der Waals surface area contributed by atoms with Gasteiger partial charge in [0.15, 0.2) is 0 Å². The molecule has 4 bridgehead atoms. The lowest BCUT2D eigenvalue weighted by atomic mass is 9.99. The van der Waals surface area contributed by atoms with Gasteiger partial charge in [-0.25, -0.2) is 14.2 Å². The summed E-state index contributed by atoms with van der Waals surface area (Å²) in [5, 5.41) is 15.7. The van der Waals surface area contributed by atoms with Crippen LogP contribution in [0.15, 0.2) is 60.7 Å². The number of hydrogen-bond donors (Lipinski definition) is 2. The molecule has 1 amide bonds. The Morgan fingerprint density at radius 2 is 1.87 bits per heavy atom. The molecule has 6 rings (SSSR count). The third-order valence-electron chi connectivity index (χ3n) is 8.78. The smallest absolute Gasteiger partial charge is 0.338 e. The highest BCUT2D eigenvalue weighted by atomic mass is 19.1. The standard InChI is InChI=1S/C39H39FN4O8/c1-47-13-14-51-34-18-29(39(46)48-2)17-33(42-21-31-10-12-50-31)38(34)43-35(45)19-25-5-6-27-16-30(25)22-49-11-9-26-15-24(20-41)3-4-28(26)23-52-36-8-7-32(40)37(27)44-36/h3-8,15-18,31,42H,9-14,19,21-23H2,1-2H3,(H,43,45)/t31-/m0/s1. The van der Waals surface area contributed by atoms with Gasteiger partial charge in [0.25, 0.3) is 0 Å².